The molecular weight excluding hydrogens is 498 g/mol. The van der Waals surface area contributed by atoms with E-state index in [-0.39, 0.29) is 12.4 Å². The summed E-state index contributed by atoms with van der Waals surface area (Å²) >= 11 is 1.32. The molecular formula is C25H19F4N3O3S. The normalized spacial score (nSPS) is 12.2. The Hall–Kier alpha value is -4.12. The number of ether oxygens (including phenoxy) is 2. The largest absolute Gasteiger partial charge is 0.481 e. The number of halogens is 4. The Kier molecular flexibility index (Phi) is 7.11. The first-order valence-corrected chi connectivity index (χ1v) is 11.3. The summed E-state index contributed by atoms with van der Waals surface area (Å²) in [6, 6.07) is 17.8. The predicted molar refractivity (Wildman–Crippen MR) is 129 cm³/mol. The highest BCUT2D eigenvalue weighted by Crippen LogP contribution is 2.36. The van der Waals surface area contributed by atoms with E-state index in [9.17, 15) is 22.4 Å². The van der Waals surface area contributed by atoms with Crippen LogP contribution in [0.25, 0.3) is 10.1 Å². The van der Waals surface area contributed by atoms with Crippen LogP contribution in [0.4, 0.5) is 28.0 Å². The van der Waals surface area contributed by atoms with Crippen molar-refractivity contribution in [3.05, 3.63) is 94.6 Å². The van der Waals surface area contributed by atoms with Crippen molar-refractivity contribution >= 4 is 39.0 Å². The molecule has 0 saturated heterocycles. The first-order valence-electron chi connectivity index (χ1n) is 10.5. The molecule has 1 amide bonds. The third-order valence-corrected chi connectivity index (χ3v) is 6.25. The molecule has 0 fully saturated rings. The highest BCUT2D eigenvalue weighted by atomic mass is 32.1. The maximum Gasteiger partial charge on any atom is 0.418 e. The fourth-order valence-electron chi connectivity index (χ4n) is 3.45. The summed E-state index contributed by atoms with van der Waals surface area (Å²) in [5.74, 6) is -0.720. The zero-order chi connectivity index (χ0) is 25.9. The number of benzene rings is 3. The third-order valence-electron chi connectivity index (χ3n) is 5.12. The number of alkyl halides is 3. The Morgan fingerprint density at radius 3 is 2.50 bits per heavy atom. The van der Waals surface area contributed by atoms with Gasteiger partial charge >= 0.3 is 12.3 Å². The molecule has 0 radical (unpaired) electrons. The summed E-state index contributed by atoms with van der Waals surface area (Å²) in [5.41, 5.74) is 4.30. The van der Waals surface area contributed by atoms with Gasteiger partial charge in [0.1, 0.15) is 24.0 Å². The van der Waals surface area contributed by atoms with Gasteiger partial charge in [-0.3, -0.25) is 10.7 Å². The maximum absolute atomic E-state index is 13.3. The monoisotopic (exact) mass is 517 g/mol. The van der Waals surface area contributed by atoms with Crippen LogP contribution >= 0.6 is 11.3 Å². The Bertz CT molecular complexity index is 1410. The number of nitrogens with two attached hydrogens (primary N) is 1. The van der Waals surface area contributed by atoms with Gasteiger partial charge < -0.3 is 15.2 Å². The van der Waals surface area contributed by atoms with Crippen molar-refractivity contribution in [1.82, 2.24) is 0 Å². The molecule has 4 aromatic rings. The summed E-state index contributed by atoms with van der Waals surface area (Å²) in [6.07, 6.45) is -6.85. The Morgan fingerprint density at radius 1 is 1.06 bits per heavy atom. The van der Waals surface area contributed by atoms with Crippen molar-refractivity contribution in [3.8, 4) is 5.75 Å². The van der Waals surface area contributed by atoms with E-state index in [1.807, 2.05) is 11.4 Å². The molecule has 3 aromatic carbocycles. The van der Waals surface area contributed by atoms with E-state index in [0.717, 1.165) is 16.8 Å². The molecule has 1 atom stereocenters. The van der Waals surface area contributed by atoms with Crippen LogP contribution in [0.5, 0.6) is 5.75 Å². The molecule has 4 N–H and O–H groups in total. The minimum atomic E-state index is -4.88. The Balaban J connectivity index is 1.55. The SMILES string of the molecule is N=C(N)c1cc2c(OC(COC(=O)Nc3ccc(F)cc3C(F)(F)F)c3ccccc3)cccc2s1. The number of thiophene rings is 1. The second-order valence-electron chi connectivity index (χ2n) is 7.62. The lowest BCUT2D eigenvalue weighted by molar-refractivity contribution is -0.137. The van der Waals surface area contributed by atoms with Crippen LogP contribution in [0.3, 0.4) is 0 Å². The van der Waals surface area contributed by atoms with Gasteiger partial charge in [0, 0.05) is 10.1 Å². The Labute approximate surface area is 206 Å². The van der Waals surface area contributed by atoms with Crippen molar-refractivity contribution < 1.29 is 31.8 Å². The van der Waals surface area contributed by atoms with Crippen LogP contribution in [-0.2, 0) is 10.9 Å². The molecule has 0 spiro atoms. The second kappa shape index (κ2) is 10.2. The van der Waals surface area contributed by atoms with Gasteiger partial charge in [-0.15, -0.1) is 11.3 Å². The van der Waals surface area contributed by atoms with E-state index in [1.54, 1.807) is 48.5 Å². The van der Waals surface area contributed by atoms with E-state index in [2.05, 4.69) is 0 Å². The second-order valence-corrected chi connectivity index (χ2v) is 8.70. The van der Waals surface area contributed by atoms with Crippen LogP contribution < -0.4 is 15.8 Å². The highest BCUT2D eigenvalue weighted by molar-refractivity contribution is 7.20. The molecule has 1 aromatic heterocycles. The van der Waals surface area contributed by atoms with Gasteiger partial charge in [0.05, 0.1) is 16.1 Å². The van der Waals surface area contributed by atoms with E-state index in [4.69, 9.17) is 20.6 Å². The quantitative estimate of drug-likeness (QED) is 0.144. The van der Waals surface area contributed by atoms with Crippen LogP contribution in [0, 0.1) is 11.2 Å². The number of hydrogen-bond acceptors (Lipinski definition) is 5. The number of hydrogen-bond donors (Lipinski definition) is 3. The van der Waals surface area contributed by atoms with Crippen molar-refractivity contribution in [3.63, 3.8) is 0 Å². The maximum atomic E-state index is 13.3. The van der Waals surface area contributed by atoms with Gasteiger partial charge in [-0.05, 0) is 42.0 Å². The lowest BCUT2D eigenvalue weighted by Crippen LogP contribution is -2.22. The Morgan fingerprint density at radius 2 is 1.81 bits per heavy atom. The molecule has 1 heterocycles. The van der Waals surface area contributed by atoms with Gasteiger partial charge in [-0.25, -0.2) is 9.18 Å². The summed E-state index contributed by atoms with van der Waals surface area (Å²) < 4.78 is 65.2. The van der Waals surface area contributed by atoms with Crippen molar-refractivity contribution in [1.29, 1.82) is 5.41 Å². The molecule has 6 nitrogen and oxygen atoms in total. The molecule has 0 aliphatic rings. The van der Waals surface area contributed by atoms with Gasteiger partial charge in [-0.1, -0.05) is 36.4 Å². The molecule has 186 valence electrons. The highest BCUT2D eigenvalue weighted by Gasteiger charge is 2.34. The first kappa shape index (κ1) is 25.0. The number of fused-ring (bicyclic) bond motifs is 1. The topological polar surface area (TPSA) is 97.4 Å². The molecule has 1 unspecified atom stereocenters. The fraction of sp³-hybridized carbons (Fsp3) is 0.120. The van der Waals surface area contributed by atoms with Crippen LogP contribution in [0.2, 0.25) is 0 Å². The number of carbonyl (C=O) groups excluding carboxylic acids is 1. The lowest BCUT2D eigenvalue weighted by Gasteiger charge is -2.21. The number of amidine groups is 1. The first-order chi connectivity index (χ1) is 17.1. The number of amides is 1. The molecule has 11 heteroatoms. The number of carbonyl (C=O) groups is 1. The standard InChI is InChI=1S/C25H19F4N3O3S/c26-15-9-10-18(17(11-15)25(27,28)29)32-24(33)34-13-20(14-5-2-1-3-6-14)35-19-7-4-8-21-16(19)12-22(36-21)23(30)31/h1-12,20H,13H2,(H3,30,31)(H,32,33). The summed E-state index contributed by atoms with van der Waals surface area (Å²) in [5, 5.41) is 10.4. The average molecular weight is 518 g/mol. The number of rotatable bonds is 7. The van der Waals surface area contributed by atoms with Crippen molar-refractivity contribution in [2.24, 2.45) is 5.73 Å². The van der Waals surface area contributed by atoms with Gasteiger partial charge in [-0.2, -0.15) is 13.2 Å². The average Bonchev–Trinajstić information content (AvgIpc) is 3.28. The van der Waals surface area contributed by atoms with E-state index >= 15 is 0 Å². The van der Waals surface area contributed by atoms with E-state index in [0.29, 0.717) is 27.6 Å². The number of anilines is 1. The molecule has 36 heavy (non-hydrogen) atoms. The minimum Gasteiger partial charge on any atom is -0.481 e. The molecule has 0 aliphatic carbocycles. The smallest absolute Gasteiger partial charge is 0.418 e. The zero-order valence-corrected chi connectivity index (χ0v) is 19.3. The summed E-state index contributed by atoms with van der Waals surface area (Å²) in [6.45, 7) is -0.335. The summed E-state index contributed by atoms with van der Waals surface area (Å²) in [7, 11) is 0. The van der Waals surface area contributed by atoms with Gasteiger partial charge in [0.15, 0.2) is 6.10 Å². The number of nitrogen functional groups attached to an aromatic ring is 1. The molecule has 4 rings (SSSR count). The molecule has 0 aliphatic heterocycles. The number of nitrogens with one attached hydrogen (secondary N) is 2. The third kappa shape index (κ3) is 5.74. The molecule has 0 bridgehead atoms. The van der Waals surface area contributed by atoms with Gasteiger partial charge in [0.25, 0.3) is 0 Å². The summed E-state index contributed by atoms with van der Waals surface area (Å²) in [4.78, 5) is 12.9. The van der Waals surface area contributed by atoms with Crippen LogP contribution in [0.15, 0.2) is 72.8 Å². The fourth-order valence-corrected chi connectivity index (χ4v) is 4.39. The zero-order valence-electron chi connectivity index (χ0n) is 18.4. The molecule has 0 saturated carbocycles. The van der Waals surface area contributed by atoms with Crippen molar-refractivity contribution in [2.45, 2.75) is 12.3 Å². The van der Waals surface area contributed by atoms with Crippen LogP contribution in [0.1, 0.15) is 22.1 Å². The van der Waals surface area contributed by atoms with Gasteiger partial charge in [0.2, 0.25) is 0 Å². The lowest BCUT2D eigenvalue weighted by atomic mass is 10.1. The van der Waals surface area contributed by atoms with E-state index in [1.165, 1.54) is 11.3 Å². The minimum absolute atomic E-state index is 0.0826. The van der Waals surface area contributed by atoms with Crippen molar-refractivity contribution in [2.75, 3.05) is 11.9 Å². The van der Waals surface area contributed by atoms with E-state index < -0.39 is 35.4 Å². The predicted octanol–water partition coefficient (Wildman–Crippen LogP) is 6.71. The van der Waals surface area contributed by atoms with Crippen LogP contribution in [-0.4, -0.2) is 18.5 Å².